The first-order valence-corrected chi connectivity index (χ1v) is 16.3. The van der Waals surface area contributed by atoms with Crippen LogP contribution in [0.1, 0.15) is 30.7 Å². The van der Waals surface area contributed by atoms with Crippen LogP contribution in [0.3, 0.4) is 0 Å². The summed E-state index contributed by atoms with van der Waals surface area (Å²) in [4.78, 5) is 4.75. The van der Waals surface area contributed by atoms with Gasteiger partial charge in [-0.3, -0.25) is 9.58 Å². The van der Waals surface area contributed by atoms with Gasteiger partial charge >= 0.3 is 0 Å². The van der Waals surface area contributed by atoms with Crippen molar-refractivity contribution in [2.24, 2.45) is 0 Å². The van der Waals surface area contributed by atoms with Gasteiger partial charge in [0.2, 0.25) is 10.0 Å². The Morgan fingerprint density at radius 1 is 0.974 bits per heavy atom. The number of aliphatic hydroxyl groups excluding tert-OH is 1. The maximum atomic E-state index is 13.0. The lowest BCUT2D eigenvalue weighted by molar-refractivity contribution is 0.0911. The van der Waals surface area contributed by atoms with Crippen LogP contribution < -0.4 is 4.90 Å². The van der Waals surface area contributed by atoms with Crippen LogP contribution in [0.5, 0.6) is 0 Å². The Kier molecular flexibility index (Phi) is 8.68. The molecule has 1 fully saturated rings. The number of sulfonamides is 1. The fourth-order valence-electron chi connectivity index (χ4n) is 5.62. The summed E-state index contributed by atoms with van der Waals surface area (Å²) in [7, 11) is -3.37. The number of halogens is 1. The summed E-state index contributed by atoms with van der Waals surface area (Å²) >= 11 is 2.28. The molecule has 1 unspecified atom stereocenters. The molecular formula is C29H38IN5O3S. The van der Waals surface area contributed by atoms with Crippen molar-refractivity contribution in [1.82, 2.24) is 19.0 Å². The molecule has 1 aromatic heterocycles. The third-order valence-electron chi connectivity index (χ3n) is 7.85. The van der Waals surface area contributed by atoms with Gasteiger partial charge < -0.3 is 10.0 Å². The summed E-state index contributed by atoms with van der Waals surface area (Å²) in [6.07, 6.45) is 0.0153. The standard InChI is InChI=1S/C29H38IN5O3S/c1-21(2)39(37,38)34-13-12-28-26(20-34)29(23-8-10-24(30)11-9-23)31-35(28)19-25(36)18-32-14-16-33(17-15-32)27-7-5-4-6-22(27)3/h4-11,21,25,36H,12-20H2,1-3H3. The first-order chi connectivity index (χ1) is 18.6. The third-order valence-corrected chi connectivity index (χ3v) is 10.8. The van der Waals surface area contributed by atoms with Crippen molar-refractivity contribution in [3.8, 4) is 11.3 Å². The second-order valence-electron chi connectivity index (χ2n) is 10.9. The number of benzene rings is 2. The highest BCUT2D eigenvalue weighted by molar-refractivity contribution is 14.1. The van der Waals surface area contributed by atoms with E-state index < -0.39 is 21.4 Å². The van der Waals surface area contributed by atoms with E-state index in [4.69, 9.17) is 5.10 Å². The Balaban J connectivity index is 1.31. The predicted octanol–water partition coefficient (Wildman–Crippen LogP) is 3.74. The molecule has 210 valence electrons. The second kappa shape index (κ2) is 11.9. The van der Waals surface area contributed by atoms with Crippen LogP contribution in [0.2, 0.25) is 0 Å². The summed E-state index contributed by atoms with van der Waals surface area (Å²) in [5, 5.41) is 15.6. The number of aromatic nitrogens is 2. The van der Waals surface area contributed by atoms with Crippen molar-refractivity contribution in [1.29, 1.82) is 0 Å². The molecule has 1 atom stereocenters. The maximum Gasteiger partial charge on any atom is 0.216 e. The lowest BCUT2D eigenvalue weighted by Gasteiger charge is -2.37. The molecule has 0 saturated carbocycles. The van der Waals surface area contributed by atoms with Crippen LogP contribution in [0.15, 0.2) is 48.5 Å². The molecule has 2 aromatic carbocycles. The molecule has 0 bridgehead atoms. The van der Waals surface area contributed by atoms with Crippen LogP contribution in [-0.2, 0) is 29.5 Å². The third kappa shape index (κ3) is 6.19. The molecule has 0 aliphatic carbocycles. The molecule has 8 nitrogen and oxygen atoms in total. The van der Waals surface area contributed by atoms with Crippen molar-refractivity contribution in [3.05, 3.63) is 68.9 Å². The highest BCUT2D eigenvalue weighted by Gasteiger charge is 2.34. The molecule has 1 saturated heterocycles. The van der Waals surface area contributed by atoms with Crippen LogP contribution in [0.4, 0.5) is 5.69 Å². The van der Waals surface area contributed by atoms with E-state index in [9.17, 15) is 13.5 Å². The van der Waals surface area contributed by atoms with Gasteiger partial charge in [-0.05, 0) is 67.1 Å². The van der Waals surface area contributed by atoms with Gasteiger partial charge in [-0.1, -0.05) is 30.3 Å². The molecular weight excluding hydrogens is 625 g/mol. The molecule has 3 aromatic rings. The van der Waals surface area contributed by atoms with E-state index in [1.807, 2.05) is 28.9 Å². The first kappa shape index (κ1) is 28.5. The average molecular weight is 664 g/mol. The van der Waals surface area contributed by atoms with Crippen molar-refractivity contribution < 1.29 is 13.5 Å². The predicted molar refractivity (Wildman–Crippen MR) is 164 cm³/mol. The Bertz CT molecular complexity index is 1400. The summed E-state index contributed by atoms with van der Waals surface area (Å²) in [6, 6.07) is 16.6. The van der Waals surface area contributed by atoms with E-state index >= 15 is 0 Å². The van der Waals surface area contributed by atoms with Gasteiger partial charge in [0.15, 0.2) is 0 Å². The molecule has 0 amide bonds. The van der Waals surface area contributed by atoms with Crippen molar-refractivity contribution in [3.63, 3.8) is 0 Å². The number of nitrogens with zero attached hydrogens (tertiary/aromatic N) is 5. The van der Waals surface area contributed by atoms with Gasteiger partial charge in [0, 0.05) is 78.3 Å². The Morgan fingerprint density at radius 3 is 2.33 bits per heavy atom. The first-order valence-electron chi connectivity index (χ1n) is 13.7. The number of aryl methyl sites for hydroxylation is 1. The number of hydrogen-bond acceptors (Lipinski definition) is 6. The minimum absolute atomic E-state index is 0.314. The Labute approximate surface area is 245 Å². The molecule has 1 N–H and O–H groups in total. The van der Waals surface area contributed by atoms with E-state index in [-0.39, 0.29) is 0 Å². The van der Waals surface area contributed by atoms with Gasteiger partial charge in [-0.15, -0.1) is 0 Å². The summed E-state index contributed by atoms with van der Waals surface area (Å²) in [6.45, 7) is 11.0. The van der Waals surface area contributed by atoms with Gasteiger partial charge in [0.1, 0.15) is 0 Å². The largest absolute Gasteiger partial charge is 0.390 e. The number of fused-ring (bicyclic) bond motifs is 1. The zero-order chi connectivity index (χ0) is 27.7. The highest BCUT2D eigenvalue weighted by atomic mass is 127. The van der Waals surface area contributed by atoms with E-state index in [1.165, 1.54) is 11.3 Å². The normalized spacial score (nSPS) is 17.9. The van der Waals surface area contributed by atoms with Crippen molar-refractivity contribution in [2.45, 2.75) is 51.6 Å². The zero-order valence-corrected chi connectivity index (χ0v) is 25.9. The van der Waals surface area contributed by atoms with Crippen LogP contribution >= 0.6 is 22.6 Å². The van der Waals surface area contributed by atoms with E-state index in [0.717, 1.165) is 52.3 Å². The monoisotopic (exact) mass is 663 g/mol. The summed E-state index contributed by atoms with van der Waals surface area (Å²) in [5.74, 6) is 0. The topological polar surface area (TPSA) is 81.9 Å². The van der Waals surface area contributed by atoms with Gasteiger partial charge in [-0.25, -0.2) is 8.42 Å². The fraction of sp³-hybridized carbons (Fsp3) is 0.483. The molecule has 39 heavy (non-hydrogen) atoms. The van der Waals surface area contributed by atoms with E-state index in [1.54, 1.807) is 18.2 Å². The van der Waals surface area contributed by atoms with Crippen LogP contribution in [0, 0.1) is 10.5 Å². The molecule has 5 rings (SSSR count). The van der Waals surface area contributed by atoms with Crippen molar-refractivity contribution in [2.75, 3.05) is 44.2 Å². The zero-order valence-electron chi connectivity index (χ0n) is 22.9. The molecule has 2 aliphatic rings. The number of para-hydroxylation sites is 1. The van der Waals surface area contributed by atoms with Gasteiger partial charge in [-0.2, -0.15) is 9.40 Å². The fourth-order valence-corrected chi connectivity index (χ4v) is 7.23. The van der Waals surface area contributed by atoms with Crippen LogP contribution in [-0.4, -0.2) is 83.1 Å². The number of β-amino-alcohol motifs (C(OH)–C–C–N with tert-alkyl or cyclic N) is 1. The minimum atomic E-state index is -3.37. The summed E-state index contributed by atoms with van der Waals surface area (Å²) in [5.41, 5.74) is 6.34. The van der Waals surface area contributed by atoms with Crippen molar-refractivity contribution >= 4 is 38.3 Å². The van der Waals surface area contributed by atoms with Gasteiger partial charge in [0.05, 0.1) is 23.6 Å². The average Bonchev–Trinajstić information content (AvgIpc) is 3.27. The molecule has 3 heterocycles. The molecule has 10 heteroatoms. The Hall–Kier alpha value is -1.99. The minimum Gasteiger partial charge on any atom is -0.390 e. The number of aliphatic hydroxyl groups is 1. The summed E-state index contributed by atoms with van der Waals surface area (Å²) < 4.78 is 30.6. The van der Waals surface area contributed by atoms with E-state index in [0.29, 0.717) is 32.6 Å². The quantitative estimate of drug-likeness (QED) is 0.370. The maximum absolute atomic E-state index is 13.0. The molecule has 0 spiro atoms. The van der Waals surface area contributed by atoms with Gasteiger partial charge in [0.25, 0.3) is 0 Å². The smallest absolute Gasteiger partial charge is 0.216 e. The highest BCUT2D eigenvalue weighted by Crippen LogP contribution is 2.32. The number of hydrogen-bond donors (Lipinski definition) is 1. The Morgan fingerprint density at radius 2 is 1.67 bits per heavy atom. The SMILES string of the molecule is Cc1ccccc1N1CCN(CC(O)Cn2nc(-c3ccc(I)cc3)c3c2CCN(S(=O)(=O)C(C)C)C3)CC1. The lowest BCUT2D eigenvalue weighted by atomic mass is 10.0. The molecule has 2 aliphatic heterocycles. The number of anilines is 1. The van der Waals surface area contributed by atoms with E-state index in [2.05, 4.69) is 63.6 Å². The second-order valence-corrected chi connectivity index (χ2v) is 14.6. The number of rotatable bonds is 8. The molecule has 0 radical (unpaired) electrons. The van der Waals surface area contributed by atoms with Crippen LogP contribution in [0.25, 0.3) is 11.3 Å². The lowest BCUT2D eigenvalue weighted by Crippen LogP contribution is -2.49. The number of piperazine rings is 1.